The van der Waals surface area contributed by atoms with Gasteiger partial charge in [-0.1, -0.05) is 22.9 Å². The highest BCUT2D eigenvalue weighted by Crippen LogP contribution is 2.24. The van der Waals surface area contributed by atoms with Crippen molar-refractivity contribution in [1.82, 2.24) is 10.2 Å². The summed E-state index contributed by atoms with van der Waals surface area (Å²) in [5.41, 5.74) is 0.515. The third-order valence-corrected chi connectivity index (χ3v) is 4.89. The predicted molar refractivity (Wildman–Crippen MR) is 120 cm³/mol. The van der Waals surface area contributed by atoms with Crippen LogP contribution in [0.3, 0.4) is 0 Å². The Balaban J connectivity index is 1.36. The number of nitrogens with zero attached hydrogens (tertiary/aromatic N) is 2. The number of rotatable bonds is 9. The fraction of sp³-hybridized carbons (Fsp3) is 0.190. The number of benzene rings is 2. The molecule has 32 heavy (non-hydrogen) atoms. The van der Waals surface area contributed by atoms with Gasteiger partial charge in [0.2, 0.25) is 11.0 Å². The Morgan fingerprint density at radius 1 is 0.906 bits per heavy atom. The highest BCUT2D eigenvalue weighted by Gasteiger charge is 2.12. The Kier molecular flexibility index (Phi) is 8.12. The van der Waals surface area contributed by atoms with Crippen LogP contribution in [0.5, 0.6) is 11.5 Å². The van der Waals surface area contributed by atoms with E-state index in [0.29, 0.717) is 27.3 Å². The van der Waals surface area contributed by atoms with Crippen LogP contribution in [0.4, 0.5) is 10.8 Å². The van der Waals surface area contributed by atoms with Crippen LogP contribution in [0, 0.1) is 6.92 Å². The number of hydrogen-bond donors (Lipinski definition) is 2. The Labute approximate surface area is 192 Å². The van der Waals surface area contributed by atoms with Gasteiger partial charge in [-0.15, -0.1) is 10.2 Å². The lowest BCUT2D eigenvalue weighted by atomic mass is 10.3. The van der Waals surface area contributed by atoms with Crippen molar-refractivity contribution >= 4 is 51.5 Å². The Morgan fingerprint density at radius 2 is 1.56 bits per heavy atom. The number of esters is 1. The largest absolute Gasteiger partial charge is 0.457 e. The van der Waals surface area contributed by atoms with Gasteiger partial charge >= 0.3 is 5.97 Å². The summed E-state index contributed by atoms with van der Waals surface area (Å²) in [6.07, 6.45) is -0.248. The van der Waals surface area contributed by atoms with Crippen molar-refractivity contribution in [3.8, 4) is 11.5 Å². The molecule has 3 aromatic rings. The zero-order valence-corrected chi connectivity index (χ0v) is 18.5. The number of nitrogens with one attached hydrogen (secondary N) is 2. The minimum Gasteiger partial charge on any atom is -0.457 e. The molecule has 1 aromatic heterocycles. The van der Waals surface area contributed by atoms with Crippen LogP contribution in [0.2, 0.25) is 5.02 Å². The van der Waals surface area contributed by atoms with Crippen molar-refractivity contribution in [2.24, 2.45) is 0 Å². The highest BCUT2D eigenvalue weighted by atomic mass is 35.5. The summed E-state index contributed by atoms with van der Waals surface area (Å²) in [7, 11) is 0. The number of carbonyl (C=O) groups is 3. The Hall–Kier alpha value is -3.50. The standard InChI is InChI=1S/C21H19ClN4O5S/c1-13-25-26-21(32-13)24-18(27)10-11-20(29)30-12-19(28)23-15-4-8-17(9-5-15)31-16-6-2-14(22)3-7-16/h2-9H,10-12H2,1H3,(H,23,28)(H,24,26,27). The van der Waals surface area contributed by atoms with E-state index in [4.69, 9.17) is 21.1 Å². The number of halogens is 1. The number of anilines is 2. The molecular weight excluding hydrogens is 456 g/mol. The van der Waals surface area contributed by atoms with Crippen molar-refractivity contribution < 1.29 is 23.9 Å². The molecule has 0 aliphatic heterocycles. The van der Waals surface area contributed by atoms with Gasteiger partial charge in [0.25, 0.3) is 5.91 Å². The zero-order valence-electron chi connectivity index (χ0n) is 17.0. The van der Waals surface area contributed by atoms with Crippen molar-refractivity contribution in [3.05, 3.63) is 58.6 Å². The van der Waals surface area contributed by atoms with Crippen LogP contribution in [0.1, 0.15) is 17.8 Å². The third-order valence-electron chi connectivity index (χ3n) is 3.88. The second-order valence-corrected chi connectivity index (χ2v) is 8.08. The Bertz CT molecular complexity index is 1090. The van der Waals surface area contributed by atoms with Gasteiger partial charge < -0.3 is 20.1 Å². The monoisotopic (exact) mass is 474 g/mol. The van der Waals surface area contributed by atoms with Gasteiger partial charge in [-0.25, -0.2) is 0 Å². The molecule has 0 saturated carbocycles. The molecule has 2 amide bonds. The molecule has 0 aliphatic rings. The minimum absolute atomic E-state index is 0.0891. The van der Waals surface area contributed by atoms with E-state index in [1.807, 2.05) is 0 Å². The molecule has 166 valence electrons. The van der Waals surface area contributed by atoms with E-state index in [0.717, 1.165) is 5.01 Å². The fourth-order valence-electron chi connectivity index (χ4n) is 2.40. The lowest BCUT2D eigenvalue weighted by Gasteiger charge is -2.09. The normalized spacial score (nSPS) is 10.3. The molecule has 0 atom stereocenters. The summed E-state index contributed by atoms with van der Waals surface area (Å²) in [5, 5.41) is 14.4. The molecule has 0 aliphatic carbocycles. The zero-order chi connectivity index (χ0) is 22.9. The van der Waals surface area contributed by atoms with Crippen LogP contribution < -0.4 is 15.4 Å². The summed E-state index contributed by atoms with van der Waals surface area (Å²) >= 11 is 7.07. The van der Waals surface area contributed by atoms with Crippen molar-refractivity contribution in [2.45, 2.75) is 19.8 Å². The first-order valence-corrected chi connectivity index (χ1v) is 10.7. The average molecular weight is 475 g/mol. The molecular formula is C21H19ClN4O5S. The van der Waals surface area contributed by atoms with Crippen LogP contribution >= 0.6 is 22.9 Å². The second-order valence-electron chi connectivity index (χ2n) is 6.46. The molecule has 2 N–H and O–H groups in total. The molecule has 1 heterocycles. The van der Waals surface area contributed by atoms with Crippen molar-refractivity contribution in [3.63, 3.8) is 0 Å². The SMILES string of the molecule is Cc1nnc(NC(=O)CCC(=O)OCC(=O)Nc2ccc(Oc3ccc(Cl)cc3)cc2)s1. The maximum Gasteiger partial charge on any atom is 0.306 e. The first-order chi connectivity index (χ1) is 15.4. The van der Waals surface area contributed by atoms with E-state index in [1.54, 1.807) is 55.5 Å². The van der Waals surface area contributed by atoms with E-state index >= 15 is 0 Å². The minimum atomic E-state index is -0.657. The number of amides is 2. The molecule has 2 aromatic carbocycles. The Morgan fingerprint density at radius 3 is 2.19 bits per heavy atom. The molecule has 9 nitrogen and oxygen atoms in total. The predicted octanol–water partition coefficient (Wildman–Crippen LogP) is 4.19. The van der Waals surface area contributed by atoms with E-state index in [-0.39, 0.29) is 18.7 Å². The molecule has 0 fully saturated rings. The fourth-order valence-corrected chi connectivity index (χ4v) is 3.14. The average Bonchev–Trinajstić information content (AvgIpc) is 3.18. The third kappa shape index (κ3) is 7.64. The van der Waals surface area contributed by atoms with E-state index in [1.165, 1.54) is 11.3 Å². The quantitative estimate of drug-likeness (QED) is 0.446. The summed E-state index contributed by atoms with van der Waals surface area (Å²) in [6.45, 7) is 1.30. The first-order valence-electron chi connectivity index (χ1n) is 9.46. The molecule has 0 saturated heterocycles. The molecule has 11 heteroatoms. The molecule has 0 radical (unpaired) electrons. The van der Waals surface area contributed by atoms with E-state index in [2.05, 4.69) is 20.8 Å². The highest BCUT2D eigenvalue weighted by molar-refractivity contribution is 7.15. The van der Waals surface area contributed by atoms with Gasteiger partial charge in [0.1, 0.15) is 16.5 Å². The van der Waals surface area contributed by atoms with Gasteiger partial charge in [0, 0.05) is 17.1 Å². The number of aromatic nitrogens is 2. The van der Waals surface area contributed by atoms with Crippen molar-refractivity contribution in [1.29, 1.82) is 0 Å². The van der Waals surface area contributed by atoms with Gasteiger partial charge in [-0.3, -0.25) is 14.4 Å². The van der Waals surface area contributed by atoms with Crippen LogP contribution in [-0.2, 0) is 19.1 Å². The van der Waals surface area contributed by atoms with Crippen molar-refractivity contribution in [2.75, 3.05) is 17.2 Å². The smallest absolute Gasteiger partial charge is 0.306 e. The van der Waals surface area contributed by atoms with Crippen LogP contribution in [0.15, 0.2) is 48.5 Å². The number of ether oxygens (including phenoxy) is 2. The maximum atomic E-state index is 12.0. The van der Waals surface area contributed by atoms with Gasteiger partial charge in [-0.2, -0.15) is 0 Å². The summed E-state index contributed by atoms with van der Waals surface area (Å²) in [6, 6.07) is 13.6. The molecule has 0 bridgehead atoms. The number of aryl methyl sites for hydroxylation is 1. The summed E-state index contributed by atoms with van der Waals surface area (Å²) in [4.78, 5) is 35.5. The van der Waals surface area contributed by atoms with E-state index in [9.17, 15) is 14.4 Å². The van der Waals surface area contributed by atoms with E-state index < -0.39 is 18.5 Å². The first kappa shape index (κ1) is 23.2. The summed E-state index contributed by atoms with van der Waals surface area (Å²) < 4.78 is 10.6. The summed E-state index contributed by atoms with van der Waals surface area (Å²) in [5.74, 6) is -0.332. The second kappa shape index (κ2) is 11.2. The lowest BCUT2D eigenvalue weighted by Crippen LogP contribution is -2.21. The van der Waals surface area contributed by atoms with Crippen LogP contribution in [-0.4, -0.2) is 34.6 Å². The maximum absolute atomic E-state index is 12.0. The number of hydrogen-bond acceptors (Lipinski definition) is 8. The number of carbonyl (C=O) groups excluding carboxylic acids is 3. The topological polar surface area (TPSA) is 120 Å². The van der Waals surface area contributed by atoms with Gasteiger partial charge in [-0.05, 0) is 55.5 Å². The van der Waals surface area contributed by atoms with Gasteiger partial charge in [0.05, 0.1) is 6.42 Å². The van der Waals surface area contributed by atoms with Gasteiger partial charge in [0.15, 0.2) is 6.61 Å². The van der Waals surface area contributed by atoms with Crippen LogP contribution in [0.25, 0.3) is 0 Å². The lowest BCUT2D eigenvalue weighted by molar-refractivity contribution is -0.147. The molecule has 0 spiro atoms. The molecule has 0 unspecified atom stereocenters. The molecule has 3 rings (SSSR count).